The number of rotatable bonds is 3. The van der Waals surface area contributed by atoms with Crippen molar-refractivity contribution in [1.29, 1.82) is 5.26 Å². The van der Waals surface area contributed by atoms with Crippen LogP contribution in [0.5, 0.6) is 0 Å². The van der Waals surface area contributed by atoms with Gasteiger partial charge < -0.3 is 10.5 Å². The molecule has 4 nitrogen and oxygen atoms in total. The van der Waals surface area contributed by atoms with Crippen molar-refractivity contribution in [2.75, 3.05) is 7.11 Å². The highest BCUT2D eigenvalue weighted by atomic mass is 32.1. The fourth-order valence-corrected chi connectivity index (χ4v) is 1.32. The summed E-state index contributed by atoms with van der Waals surface area (Å²) in [5.74, 6) is 0.0281. The zero-order chi connectivity index (χ0) is 10.4. The zero-order valence-electron chi connectivity index (χ0n) is 7.60. The van der Waals surface area contributed by atoms with Crippen molar-refractivity contribution in [2.45, 2.75) is 0 Å². The van der Waals surface area contributed by atoms with Crippen LogP contribution in [0.3, 0.4) is 0 Å². The first kappa shape index (κ1) is 10.3. The first-order chi connectivity index (χ1) is 6.77. The average molecular weight is 207 g/mol. The molecule has 0 saturated carbocycles. The van der Waals surface area contributed by atoms with Crippen LogP contribution in [0.1, 0.15) is 4.88 Å². The molecule has 0 atom stereocenters. The lowest BCUT2D eigenvalue weighted by molar-refractivity contribution is 0.284. The lowest BCUT2D eigenvalue weighted by Gasteiger charge is -1.97. The second-order valence-electron chi connectivity index (χ2n) is 2.30. The molecule has 0 aliphatic heterocycles. The maximum atomic E-state index is 8.68. The molecule has 5 heteroatoms. The van der Waals surface area contributed by atoms with Crippen LogP contribution >= 0.6 is 11.3 Å². The summed E-state index contributed by atoms with van der Waals surface area (Å²) in [7, 11) is 1.40. The van der Waals surface area contributed by atoms with Crippen molar-refractivity contribution in [2.24, 2.45) is 10.7 Å². The minimum Gasteiger partial charge on any atom is -0.481 e. The van der Waals surface area contributed by atoms with Gasteiger partial charge in [0, 0.05) is 11.1 Å². The van der Waals surface area contributed by atoms with Gasteiger partial charge in [0.2, 0.25) is 5.88 Å². The van der Waals surface area contributed by atoms with Crippen molar-refractivity contribution in [3.8, 4) is 6.07 Å². The Balaban J connectivity index is 2.82. The van der Waals surface area contributed by atoms with Crippen LogP contribution in [0.25, 0.3) is 0 Å². The normalized spacial score (nSPS) is 12.3. The van der Waals surface area contributed by atoms with Crippen LogP contribution in [0, 0.1) is 11.3 Å². The first-order valence-corrected chi connectivity index (χ1v) is 4.67. The zero-order valence-corrected chi connectivity index (χ0v) is 8.41. The number of ether oxygens (including phenoxy) is 1. The predicted molar refractivity (Wildman–Crippen MR) is 55.7 cm³/mol. The summed E-state index contributed by atoms with van der Waals surface area (Å²) in [6.07, 6.45) is 1.58. The van der Waals surface area contributed by atoms with Gasteiger partial charge in [-0.15, -0.1) is 11.3 Å². The summed E-state index contributed by atoms with van der Waals surface area (Å²) in [5, 5.41) is 10.6. The van der Waals surface area contributed by atoms with Gasteiger partial charge in [0.15, 0.2) is 5.70 Å². The molecule has 2 N–H and O–H groups in total. The van der Waals surface area contributed by atoms with Gasteiger partial charge >= 0.3 is 0 Å². The maximum absolute atomic E-state index is 8.68. The molecule has 0 aliphatic rings. The van der Waals surface area contributed by atoms with Crippen LogP contribution in [0.15, 0.2) is 34.1 Å². The Labute approximate surface area is 85.9 Å². The van der Waals surface area contributed by atoms with Crippen molar-refractivity contribution >= 4 is 17.6 Å². The SMILES string of the molecule is CO/C(N)=C(/C#N)N=Cc1cccs1. The molecule has 0 amide bonds. The number of aliphatic imine (C=N–C) groups is 1. The van der Waals surface area contributed by atoms with Gasteiger partial charge in [-0.05, 0) is 11.4 Å². The molecule has 0 aromatic carbocycles. The van der Waals surface area contributed by atoms with E-state index in [1.807, 2.05) is 23.6 Å². The lowest BCUT2D eigenvalue weighted by Crippen LogP contribution is -2.02. The van der Waals surface area contributed by atoms with E-state index in [-0.39, 0.29) is 11.6 Å². The highest BCUT2D eigenvalue weighted by Crippen LogP contribution is 2.07. The molecule has 1 aromatic rings. The van der Waals surface area contributed by atoms with E-state index < -0.39 is 0 Å². The number of hydrogen-bond acceptors (Lipinski definition) is 5. The Bertz CT molecular complexity index is 387. The van der Waals surface area contributed by atoms with E-state index in [1.165, 1.54) is 18.4 Å². The number of methoxy groups -OCH3 is 1. The second-order valence-corrected chi connectivity index (χ2v) is 3.28. The molecule has 1 aromatic heterocycles. The Morgan fingerprint density at radius 1 is 1.79 bits per heavy atom. The van der Waals surface area contributed by atoms with Crippen LogP contribution < -0.4 is 5.73 Å². The molecule has 1 rings (SSSR count). The van der Waals surface area contributed by atoms with Crippen LogP contribution in [0.2, 0.25) is 0 Å². The number of nitriles is 1. The molecule has 0 radical (unpaired) electrons. The molecule has 1 heterocycles. The second kappa shape index (κ2) is 5.04. The van der Waals surface area contributed by atoms with Crippen LogP contribution in [-0.4, -0.2) is 13.3 Å². The first-order valence-electron chi connectivity index (χ1n) is 3.79. The molecular formula is C9H9N3OS. The third kappa shape index (κ3) is 2.61. The van der Waals surface area contributed by atoms with E-state index in [9.17, 15) is 0 Å². The van der Waals surface area contributed by atoms with Crippen molar-refractivity contribution in [3.05, 3.63) is 34.0 Å². The lowest BCUT2D eigenvalue weighted by atomic mass is 10.4. The fourth-order valence-electron chi connectivity index (χ4n) is 0.737. The van der Waals surface area contributed by atoms with Crippen molar-refractivity contribution in [3.63, 3.8) is 0 Å². The molecule has 0 spiro atoms. The molecule has 0 aliphatic carbocycles. The summed E-state index contributed by atoms with van der Waals surface area (Å²) in [5.41, 5.74) is 5.48. The molecule has 72 valence electrons. The highest BCUT2D eigenvalue weighted by Gasteiger charge is 1.99. The number of nitrogens with zero attached hydrogens (tertiary/aromatic N) is 2. The van der Waals surface area contributed by atoms with E-state index in [4.69, 9.17) is 15.7 Å². The molecule has 0 unspecified atom stereocenters. The van der Waals surface area contributed by atoms with E-state index >= 15 is 0 Å². The van der Waals surface area contributed by atoms with Crippen LogP contribution in [-0.2, 0) is 4.74 Å². The maximum Gasteiger partial charge on any atom is 0.221 e. The van der Waals surface area contributed by atoms with Gasteiger partial charge in [-0.3, -0.25) is 0 Å². The molecule has 0 bridgehead atoms. The third-order valence-corrected chi connectivity index (χ3v) is 2.23. The summed E-state index contributed by atoms with van der Waals surface area (Å²) in [6.45, 7) is 0. The van der Waals surface area contributed by atoms with Gasteiger partial charge in [-0.1, -0.05) is 6.07 Å². The molecule has 0 fully saturated rings. The quantitative estimate of drug-likeness (QED) is 0.463. The monoisotopic (exact) mass is 207 g/mol. The van der Waals surface area contributed by atoms with Gasteiger partial charge in [0.1, 0.15) is 6.07 Å². The summed E-state index contributed by atoms with van der Waals surface area (Å²) < 4.78 is 4.70. The number of nitrogens with two attached hydrogens (primary N) is 1. The van der Waals surface area contributed by atoms with E-state index in [0.29, 0.717) is 0 Å². The van der Waals surface area contributed by atoms with Gasteiger partial charge in [0.25, 0.3) is 0 Å². The minimum absolute atomic E-state index is 0.0281. The largest absolute Gasteiger partial charge is 0.481 e. The van der Waals surface area contributed by atoms with Crippen molar-refractivity contribution in [1.82, 2.24) is 0 Å². The highest BCUT2D eigenvalue weighted by molar-refractivity contribution is 7.11. The van der Waals surface area contributed by atoms with Gasteiger partial charge in [-0.2, -0.15) is 5.26 Å². The Hall–Kier alpha value is -1.80. The Kier molecular flexibility index (Phi) is 3.70. The average Bonchev–Trinajstić information content (AvgIpc) is 2.71. The third-order valence-electron chi connectivity index (χ3n) is 1.42. The van der Waals surface area contributed by atoms with E-state index in [0.717, 1.165) is 4.88 Å². The van der Waals surface area contributed by atoms with Crippen LogP contribution in [0.4, 0.5) is 0 Å². The van der Waals surface area contributed by atoms with Gasteiger partial charge in [-0.25, -0.2) is 4.99 Å². The topological polar surface area (TPSA) is 71.4 Å². The Morgan fingerprint density at radius 2 is 2.57 bits per heavy atom. The smallest absolute Gasteiger partial charge is 0.221 e. The summed E-state index contributed by atoms with van der Waals surface area (Å²) >= 11 is 1.53. The van der Waals surface area contributed by atoms with E-state index in [1.54, 1.807) is 6.21 Å². The number of thiophene rings is 1. The fraction of sp³-hybridized carbons (Fsp3) is 0.111. The van der Waals surface area contributed by atoms with Gasteiger partial charge in [0.05, 0.1) is 7.11 Å². The Morgan fingerprint density at radius 3 is 3.07 bits per heavy atom. The molecular weight excluding hydrogens is 198 g/mol. The number of allylic oxidation sites excluding steroid dienone is 1. The molecule has 0 saturated heterocycles. The predicted octanol–water partition coefficient (Wildman–Crippen LogP) is 1.46. The van der Waals surface area contributed by atoms with Crippen molar-refractivity contribution < 1.29 is 4.74 Å². The minimum atomic E-state index is 0.0281. The summed E-state index contributed by atoms with van der Waals surface area (Å²) in [6, 6.07) is 5.65. The molecule has 14 heavy (non-hydrogen) atoms. The standard InChI is InChI=1S/C9H9N3OS/c1-13-9(11)8(5-10)12-6-7-3-2-4-14-7/h2-4,6H,11H2,1H3/b9-8-,12-6?. The number of hydrogen-bond donors (Lipinski definition) is 1. The van der Waals surface area contributed by atoms with E-state index in [2.05, 4.69) is 4.99 Å². The summed E-state index contributed by atoms with van der Waals surface area (Å²) in [4.78, 5) is 4.87.